The molecule has 1 atom stereocenters. The van der Waals surface area contributed by atoms with Gasteiger partial charge in [0.05, 0.1) is 29.1 Å². The number of carbonyl (C=O) groups excluding carboxylic acids is 1. The van der Waals surface area contributed by atoms with E-state index in [1.807, 2.05) is 18.7 Å². The van der Waals surface area contributed by atoms with Crippen molar-refractivity contribution < 1.29 is 22.7 Å². The fourth-order valence-corrected chi connectivity index (χ4v) is 5.96. The summed E-state index contributed by atoms with van der Waals surface area (Å²) in [4.78, 5) is 36.1. The molecule has 1 spiro atoms. The summed E-state index contributed by atoms with van der Waals surface area (Å²) in [5, 5.41) is 8.11. The lowest BCUT2D eigenvalue weighted by atomic mass is 9.80. The molecule has 210 valence electrons. The van der Waals surface area contributed by atoms with E-state index >= 15 is 0 Å². The van der Waals surface area contributed by atoms with Crippen LogP contribution in [-0.2, 0) is 21.6 Å². The van der Waals surface area contributed by atoms with Gasteiger partial charge in [0.2, 0.25) is 11.9 Å². The van der Waals surface area contributed by atoms with E-state index in [1.54, 1.807) is 12.4 Å². The zero-order valence-corrected chi connectivity index (χ0v) is 22.0. The number of carbonyl (C=O) groups is 1. The highest BCUT2D eigenvalue weighted by atomic mass is 19.4. The zero-order chi connectivity index (χ0) is 27.9. The molecular weight excluding hydrogens is 515 g/mol. The van der Waals surface area contributed by atoms with Gasteiger partial charge in [-0.05, 0) is 39.5 Å². The number of amidine groups is 1. The smallest absolute Gasteiger partial charge is 0.408 e. The van der Waals surface area contributed by atoms with Crippen molar-refractivity contribution in [1.82, 2.24) is 24.8 Å². The van der Waals surface area contributed by atoms with E-state index in [4.69, 9.17) is 15.9 Å². The maximum Gasteiger partial charge on any atom is 0.408 e. The Hall–Kier alpha value is -3.71. The van der Waals surface area contributed by atoms with Crippen LogP contribution >= 0.6 is 0 Å². The SMILES string of the molecule is CCN(CC)c1ncc(N2C(=O)C3(CCCC3)c3c(N)nc(COC(=N)N4CCC[C@@H]4C(F)(F)F)nc32)cn1. The van der Waals surface area contributed by atoms with Gasteiger partial charge in [0.25, 0.3) is 6.02 Å². The third-order valence-electron chi connectivity index (χ3n) is 7.88. The molecule has 1 aliphatic carbocycles. The largest absolute Gasteiger partial charge is 0.457 e. The summed E-state index contributed by atoms with van der Waals surface area (Å²) in [6, 6.07) is -2.36. The van der Waals surface area contributed by atoms with Crippen molar-refractivity contribution in [1.29, 1.82) is 5.41 Å². The second-order valence-corrected chi connectivity index (χ2v) is 10.1. The number of alkyl halides is 3. The Kier molecular flexibility index (Phi) is 6.97. The number of nitrogens with one attached hydrogen (secondary N) is 1. The topological polar surface area (TPSA) is 137 Å². The minimum absolute atomic E-state index is 0.0623. The van der Waals surface area contributed by atoms with Crippen molar-refractivity contribution in [3.63, 3.8) is 0 Å². The predicted octanol–water partition coefficient (Wildman–Crippen LogP) is 3.66. The molecule has 3 N–H and O–H groups in total. The third-order valence-corrected chi connectivity index (χ3v) is 7.88. The second-order valence-electron chi connectivity index (χ2n) is 10.1. The summed E-state index contributed by atoms with van der Waals surface area (Å²) in [6.07, 6.45) is 1.84. The Bertz CT molecular complexity index is 1240. The number of fused-ring (bicyclic) bond motifs is 2. The van der Waals surface area contributed by atoms with Crippen molar-refractivity contribution in [3.05, 3.63) is 23.8 Å². The quantitative estimate of drug-likeness (QED) is 0.410. The van der Waals surface area contributed by atoms with Gasteiger partial charge >= 0.3 is 6.18 Å². The minimum Gasteiger partial charge on any atom is -0.457 e. The highest BCUT2D eigenvalue weighted by molar-refractivity contribution is 6.13. The lowest BCUT2D eigenvalue weighted by Gasteiger charge is -2.27. The first-order valence-corrected chi connectivity index (χ1v) is 13.2. The first kappa shape index (κ1) is 26.9. The highest BCUT2D eigenvalue weighted by Gasteiger charge is 2.55. The van der Waals surface area contributed by atoms with Crippen molar-refractivity contribution in [3.8, 4) is 0 Å². The fourth-order valence-electron chi connectivity index (χ4n) is 5.96. The van der Waals surface area contributed by atoms with Crippen molar-refractivity contribution in [2.75, 3.05) is 35.2 Å². The molecule has 39 heavy (non-hydrogen) atoms. The average Bonchev–Trinajstić information content (AvgIpc) is 3.64. The van der Waals surface area contributed by atoms with Gasteiger partial charge in [-0.2, -0.15) is 13.2 Å². The molecule has 1 saturated carbocycles. The first-order valence-electron chi connectivity index (χ1n) is 13.2. The Morgan fingerprint density at radius 1 is 1.18 bits per heavy atom. The number of nitrogens with zero attached hydrogens (tertiary/aromatic N) is 7. The molecule has 14 heteroatoms. The number of nitrogen functional groups attached to an aromatic ring is 1. The number of likely N-dealkylation sites (tertiary alicyclic amines) is 1. The van der Waals surface area contributed by atoms with Gasteiger partial charge in [0, 0.05) is 19.6 Å². The summed E-state index contributed by atoms with van der Waals surface area (Å²) in [6.45, 7) is 5.16. The van der Waals surface area contributed by atoms with Crippen LogP contribution in [0, 0.1) is 5.41 Å². The fraction of sp³-hybridized carbons (Fsp3) is 0.600. The number of ether oxygens (including phenoxy) is 1. The average molecular weight is 548 g/mol. The van der Waals surface area contributed by atoms with Crippen molar-refractivity contribution in [2.24, 2.45) is 0 Å². The van der Waals surface area contributed by atoms with Crippen LogP contribution in [0.1, 0.15) is 63.8 Å². The predicted molar refractivity (Wildman–Crippen MR) is 138 cm³/mol. The second kappa shape index (κ2) is 10.1. The third kappa shape index (κ3) is 4.59. The van der Waals surface area contributed by atoms with Crippen LogP contribution in [0.2, 0.25) is 0 Å². The van der Waals surface area contributed by atoms with E-state index in [-0.39, 0.29) is 37.1 Å². The van der Waals surface area contributed by atoms with Gasteiger partial charge < -0.3 is 20.3 Å². The van der Waals surface area contributed by atoms with Crippen LogP contribution in [0.5, 0.6) is 0 Å². The number of anilines is 4. The van der Waals surface area contributed by atoms with Crippen LogP contribution in [-0.4, -0.2) is 68.6 Å². The molecule has 4 heterocycles. The Labute approximate surface area is 224 Å². The summed E-state index contributed by atoms with van der Waals surface area (Å²) in [5.74, 6) is 0.851. The lowest BCUT2D eigenvalue weighted by molar-refractivity contribution is -0.169. The molecule has 0 bridgehead atoms. The number of amides is 1. The van der Waals surface area contributed by atoms with E-state index < -0.39 is 23.7 Å². The van der Waals surface area contributed by atoms with E-state index in [2.05, 4.69) is 19.9 Å². The van der Waals surface area contributed by atoms with Crippen LogP contribution in [0.3, 0.4) is 0 Å². The molecule has 0 aromatic carbocycles. The number of hydrogen-bond donors (Lipinski definition) is 2. The van der Waals surface area contributed by atoms with Crippen LogP contribution in [0.15, 0.2) is 12.4 Å². The normalized spacial score (nSPS) is 20.1. The lowest BCUT2D eigenvalue weighted by Crippen LogP contribution is -2.45. The standard InChI is InChI=1S/C25H32F3N9O2/c1-3-35(4-2)23-31-12-15(13-32-23)37-20-18(24(21(37)38)9-5-6-10-24)19(29)33-17(34-20)14-39-22(30)36-11-7-8-16(36)25(26,27)28/h12-13,16,30H,3-11,14H2,1-2H3,(H2,29,33,34)/t16-/m1/s1. The maximum absolute atomic E-state index is 13.9. The van der Waals surface area contributed by atoms with Gasteiger partial charge in [-0.1, -0.05) is 12.8 Å². The molecule has 2 fully saturated rings. The van der Waals surface area contributed by atoms with E-state index in [1.165, 1.54) is 4.90 Å². The minimum atomic E-state index is -4.46. The summed E-state index contributed by atoms with van der Waals surface area (Å²) in [5.41, 5.74) is 6.54. The van der Waals surface area contributed by atoms with Gasteiger partial charge in [-0.3, -0.25) is 15.1 Å². The van der Waals surface area contributed by atoms with Crippen LogP contribution in [0.25, 0.3) is 0 Å². The van der Waals surface area contributed by atoms with Gasteiger partial charge in [-0.15, -0.1) is 0 Å². The van der Waals surface area contributed by atoms with Gasteiger partial charge in [0.15, 0.2) is 12.4 Å². The summed E-state index contributed by atoms with van der Waals surface area (Å²) >= 11 is 0. The van der Waals surface area contributed by atoms with Crippen LogP contribution in [0.4, 0.5) is 36.4 Å². The van der Waals surface area contributed by atoms with E-state index in [0.29, 0.717) is 42.3 Å². The molecule has 3 aliphatic rings. The van der Waals surface area contributed by atoms with Crippen molar-refractivity contribution in [2.45, 2.75) is 76.6 Å². The Morgan fingerprint density at radius 3 is 2.46 bits per heavy atom. The monoisotopic (exact) mass is 547 g/mol. The molecule has 0 unspecified atom stereocenters. The Balaban J connectivity index is 1.45. The summed E-state index contributed by atoms with van der Waals surface area (Å²) < 4.78 is 45.4. The number of nitrogens with two attached hydrogens (primary N) is 1. The Morgan fingerprint density at radius 2 is 1.85 bits per heavy atom. The highest BCUT2D eigenvalue weighted by Crippen LogP contribution is 2.54. The molecule has 5 rings (SSSR count). The van der Waals surface area contributed by atoms with Crippen LogP contribution < -0.4 is 15.5 Å². The number of rotatable bonds is 6. The van der Waals surface area contributed by atoms with E-state index in [9.17, 15) is 18.0 Å². The number of hydrogen-bond acceptors (Lipinski definition) is 9. The molecule has 2 aromatic heterocycles. The van der Waals surface area contributed by atoms with Crippen molar-refractivity contribution >= 4 is 35.2 Å². The van der Waals surface area contributed by atoms with Gasteiger partial charge in [-0.25, -0.2) is 19.9 Å². The van der Waals surface area contributed by atoms with Gasteiger partial charge in [0.1, 0.15) is 17.7 Å². The molecule has 1 amide bonds. The molecule has 0 radical (unpaired) electrons. The zero-order valence-electron chi connectivity index (χ0n) is 22.0. The maximum atomic E-state index is 13.9. The summed E-state index contributed by atoms with van der Waals surface area (Å²) in [7, 11) is 0. The number of halogens is 3. The molecular formula is C25H32F3N9O2. The first-order chi connectivity index (χ1) is 18.6. The number of aromatic nitrogens is 4. The molecule has 2 aliphatic heterocycles. The van der Waals surface area contributed by atoms with E-state index in [0.717, 1.165) is 30.8 Å². The molecule has 1 saturated heterocycles. The molecule has 11 nitrogen and oxygen atoms in total. The molecule has 2 aromatic rings.